The predicted octanol–water partition coefficient (Wildman–Crippen LogP) is 5.38. The molecule has 4 aromatic rings. The molecule has 0 spiro atoms. The SMILES string of the molecule is O=C(NCc1cccc(OCc2ccccn2)c1)c1[nH]c2ccc(Cl)cc2c1Cl. The van der Waals surface area contributed by atoms with Gasteiger partial charge < -0.3 is 15.0 Å². The fourth-order valence-corrected chi connectivity index (χ4v) is 3.41. The van der Waals surface area contributed by atoms with Crippen molar-refractivity contribution in [2.24, 2.45) is 0 Å². The normalized spacial score (nSPS) is 10.8. The number of ether oxygens (including phenoxy) is 1. The maximum Gasteiger partial charge on any atom is 0.269 e. The summed E-state index contributed by atoms with van der Waals surface area (Å²) in [7, 11) is 0. The van der Waals surface area contributed by atoms with Crippen LogP contribution in [0.2, 0.25) is 10.0 Å². The van der Waals surface area contributed by atoms with Crippen LogP contribution in [0.1, 0.15) is 21.7 Å². The molecule has 7 heteroatoms. The summed E-state index contributed by atoms with van der Waals surface area (Å²) in [5.74, 6) is 0.419. The van der Waals surface area contributed by atoms with Crippen molar-refractivity contribution in [2.75, 3.05) is 0 Å². The number of amides is 1. The van der Waals surface area contributed by atoms with Gasteiger partial charge in [-0.05, 0) is 48.0 Å². The summed E-state index contributed by atoms with van der Waals surface area (Å²) in [6.07, 6.45) is 1.73. The van der Waals surface area contributed by atoms with Crippen molar-refractivity contribution in [3.63, 3.8) is 0 Å². The number of aromatic amines is 1. The minimum Gasteiger partial charge on any atom is -0.487 e. The molecule has 0 saturated heterocycles. The molecule has 0 bridgehead atoms. The minimum atomic E-state index is -0.290. The van der Waals surface area contributed by atoms with Crippen LogP contribution in [0.4, 0.5) is 0 Å². The summed E-state index contributed by atoms with van der Waals surface area (Å²) in [5, 5.41) is 4.51. The van der Waals surface area contributed by atoms with Gasteiger partial charge in [-0.15, -0.1) is 0 Å². The highest BCUT2D eigenvalue weighted by molar-refractivity contribution is 6.39. The molecule has 0 aliphatic rings. The Morgan fingerprint density at radius 1 is 1.07 bits per heavy atom. The second kappa shape index (κ2) is 8.55. The lowest BCUT2D eigenvalue weighted by atomic mass is 10.2. The number of fused-ring (bicyclic) bond motifs is 1. The second-order valence-electron chi connectivity index (χ2n) is 6.44. The number of aromatic nitrogens is 2. The number of rotatable bonds is 6. The second-order valence-corrected chi connectivity index (χ2v) is 7.26. The first-order chi connectivity index (χ1) is 14.1. The quantitative estimate of drug-likeness (QED) is 0.435. The lowest BCUT2D eigenvalue weighted by molar-refractivity contribution is 0.0947. The zero-order valence-corrected chi connectivity index (χ0v) is 16.8. The van der Waals surface area contributed by atoms with Crippen LogP contribution in [0.15, 0.2) is 66.9 Å². The Kier molecular flexibility index (Phi) is 5.69. The van der Waals surface area contributed by atoms with Gasteiger partial charge in [0.25, 0.3) is 5.91 Å². The van der Waals surface area contributed by atoms with Gasteiger partial charge in [-0.3, -0.25) is 9.78 Å². The molecule has 0 radical (unpaired) electrons. The minimum absolute atomic E-state index is 0.290. The summed E-state index contributed by atoms with van der Waals surface area (Å²) >= 11 is 12.4. The Labute approximate surface area is 177 Å². The molecule has 0 atom stereocenters. The van der Waals surface area contributed by atoms with Gasteiger partial charge in [0.05, 0.1) is 10.7 Å². The van der Waals surface area contributed by atoms with Gasteiger partial charge in [-0.1, -0.05) is 41.4 Å². The van der Waals surface area contributed by atoms with Crippen molar-refractivity contribution in [1.82, 2.24) is 15.3 Å². The van der Waals surface area contributed by atoms with E-state index in [1.807, 2.05) is 42.5 Å². The summed E-state index contributed by atoms with van der Waals surface area (Å²) < 4.78 is 5.78. The maximum atomic E-state index is 12.6. The van der Waals surface area contributed by atoms with E-state index >= 15 is 0 Å². The van der Waals surface area contributed by atoms with Crippen LogP contribution >= 0.6 is 23.2 Å². The highest BCUT2D eigenvalue weighted by atomic mass is 35.5. The predicted molar refractivity (Wildman–Crippen MR) is 114 cm³/mol. The van der Waals surface area contributed by atoms with E-state index in [2.05, 4.69) is 15.3 Å². The molecule has 2 N–H and O–H groups in total. The molecule has 0 unspecified atom stereocenters. The lowest BCUT2D eigenvalue weighted by Crippen LogP contribution is -2.23. The average Bonchev–Trinajstić information content (AvgIpc) is 3.07. The molecule has 2 aromatic carbocycles. The van der Waals surface area contributed by atoms with Crippen molar-refractivity contribution in [3.8, 4) is 5.75 Å². The van der Waals surface area contributed by atoms with Gasteiger partial charge in [0.15, 0.2) is 0 Å². The van der Waals surface area contributed by atoms with Gasteiger partial charge in [0, 0.05) is 28.7 Å². The van der Waals surface area contributed by atoms with E-state index in [9.17, 15) is 4.79 Å². The number of hydrogen-bond donors (Lipinski definition) is 2. The molecule has 146 valence electrons. The number of nitrogens with zero attached hydrogens (tertiary/aromatic N) is 1. The van der Waals surface area contributed by atoms with Crippen LogP contribution in [0.3, 0.4) is 0 Å². The summed E-state index contributed by atoms with van der Waals surface area (Å²) in [6.45, 7) is 0.718. The van der Waals surface area contributed by atoms with Crippen molar-refractivity contribution >= 4 is 40.0 Å². The molecule has 0 fully saturated rings. The van der Waals surface area contributed by atoms with E-state index < -0.39 is 0 Å². The first-order valence-corrected chi connectivity index (χ1v) is 9.72. The lowest BCUT2D eigenvalue weighted by Gasteiger charge is -2.09. The molecule has 2 aromatic heterocycles. The van der Waals surface area contributed by atoms with Gasteiger partial charge in [0.2, 0.25) is 0 Å². The van der Waals surface area contributed by atoms with Crippen molar-refractivity contribution < 1.29 is 9.53 Å². The fourth-order valence-electron chi connectivity index (χ4n) is 2.94. The van der Waals surface area contributed by atoms with E-state index in [1.54, 1.807) is 24.4 Å². The van der Waals surface area contributed by atoms with E-state index in [0.29, 0.717) is 40.0 Å². The van der Waals surface area contributed by atoms with E-state index in [0.717, 1.165) is 16.8 Å². The topological polar surface area (TPSA) is 67.0 Å². The number of benzene rings is 2. The zero-order valence-electron chi connectivity index (χ0n) is 15.3. The molecule has 0 aliphatic carbocycles. The summed E-state index contributed by atoms with van der Waals surface area (Å²) in [5.41, 5.74) is 2.83. The molecule has 4 rings (SSSR count). The van der Waals surface area contributed by atoms with Crippen LogP contribution in [0, 0.1) is 0 Å². The number of pyridine rings is 1. The molecule has 1 amide bonds. The van der Waals surface area contributed by atoms with Gasteiger partial charge in [-0.25, -0.2) is 0 Å². The molecule has 29 heavy (non-hydrogen) atoms. The molecule has 2 heterocycles. The van der Waals surface area contributed by atoms with E-state index in [1.165, 1.54) is 0 Å². The Hall–Kier alpha value is -3.02. The van der Waals surface area contributed by atoms with Crippen LogP contribution < -0.4 is 10.1 Å². The number of nitrogens with one attached hydrogen (secondary N) is 2. The Morgan fingerprint density at radius 3 is 2.79 bits per heavy atom. The Bertz CT molecular complexity index is 1160. The molecule has 5 nitrogen and oxygen atoms in total. The number of carbonyl (C=O) groups excluding carboxylic acids is 1. The van der Waals surface area contributed by atoms with Crippen molar-refractivity contribution in [1.29, 1.82) is 0 Å². The molecule has 0 saturated carbocycles. The van der Waals surface area contributed by atoms with Gasteiger partial charge in [0.1, 0.15) is 18.1 Å². The van der Waals surface area contributed by atoms with Crippen molar-refractivity contribution in [3.05, 3.63) is 93.9 Å². The van der Waals surface area contributed by atoms with Crippen molar-refractivity contribution in [2.45, 2.75) is 13.2 Å². The summed E-state index contributed by atoms with van der Waals surface area (Å²) in [4.78, 5) is 19.9. The number of carbonyl (C=O) groups is 1. The van der Waals surface area contributed by atoms with Gasteiger partial charge >= 0.3 is 0 Å². The zero-order chi connectivity index (χ0) is 20.2. The number of H-pyrrole nitrogens is 1. The molecular weight excluding hydrogens is 409 g/mol. The van der Waals surface area contributed by atoms with E-state index in [-0.39, 0.29) is 5.91 Å². The number of hydrogen-bond acceptors (Lipinski definition) is 3. The summed E-state index contributed by atoms with van der Waals surface area (Å²) in [6, 6.07) is 18.5. The third kappa shape index (κ3) is 4.53. The van der Waals surface area contributed by atoms with Crippen LogP contribution in [-0.4, -0.2) is 15.9 Å². The number of halogens is 2. The molecule has 0 aliphatic heterocycles. The fraction of sp³-hybridized carbons (Fsp3) is 0.0909. The molecular formula is C22H17Cl2N3O2. The first-order valence-electron chi connectivity index (χ1n) is 8.97. The third-order valence-electron chi connectivity index (χ3n) is 4.39. The van der Waals surface area contributed by atoms with Crippen LogP contribution in [-0.2, 0) is 13.2 Å². The average molecular weight is 426 g/mol. The van der Waals surface area contributed by atoms with E-state index in [4.69, 9.17) is 27.9 Å². The monoisotopic (exact) mass is 425 g/mol. The Balaban J connectivity index is 1.41. The maximum absolute atomic E-state index is 12.6. The highest BCUT2D eigenvalue weighted by Crippen LogP contribution is 2.29. The van der Waals surface area contributed by atoms with Crippen LogP contribution in [0.25, 0.3) is 10.9 Å². The van der Waals surface area contributed by atoms with Crippen LogP contribution in [0.5, 0.6) is 5.75 Å². The standard InChI is InChI=1S/C22H17Cl2N3O2/c23-15-7-8-19-18(11-15)20(24)21(27-19)22(28)26-12-14-4-3-6-17(10-14)29-13-16-5-1-2-9-25-16/h1-11,27H,12-13H2,(H,26,28). The largest absolute Gasteiger partial charge is 0.487 e. The third-order valence-corrected chi connectivity index (χ3v) is 5.02. The smallest absolute Gasteiger partial charge is 0.269 e. The Morgan fingerprint density at radius 2 is 1.97 bits per heavy atom. The highest BCUT2D eigenvalue weighted by Gasteiger charge is 2.16. The van der Waals surface area contributed by atoms with Gasteiger partial charge in [-0.2, -0.15) is 0 Å². The first kappa shape index (κ1) is 19.3.